The third-order valence-electron chi connectivity index (χ3n) is 4.46. The summed E-state index contributed by atoms with van der Waals surface area (Å²) in [6.45, 7) is -0.941. The Morgan fingerprint density at radius 1 is 1.00 bits per heavy atom. The number of esters is 1. The molecule has 0 saturated carbocycles. The van der Waals surface area contributed by atoms with E-state index in [0.29, 0.717) is 11.3 Å². The van der Waals surface area contributed by atoms with Gasteiger partial charge in [0, 0.05) is 6.20 Å². The first kappa shape index (κ1) is 23.0. The summed E-state index contributed by atoms with van der Waals surface area (Å²) in [7, 11) is -4.32. The number of halogens is 1. The first-order chi connectivity index (χ1) is 15.3. The molecule has 8 nitrogen and oxygen atoms in total. The van der Waals surface area contributed by atoms with Crippen molar-refractivity contribution in [1.82, 2.24) is 9.71 Å². The van der Waals surface area contributed by atoms with Crippen LogP contribution in [0.4, 0.5) is 4.39 Å². The van der Waals surface area contributed by atoms with Crippen molar-refractivity contribution in [2.75, 3.05) is 6.61 Å². The number of aliphatic hydroxyl groups is 1. The third kappa shape index (κ3) is 5.74. The molecule has 0 bridgehead atoms. The highest BCUT2D eigenvalue weighted by Gasteiger charge is 2.29. The van der Waals surface area contributed by atoms with Crippen LogP contribution in [0.1, 0.15) is 37.2 Å². The van der Waals surface area contributed by atoms with E-state index in [1.807, 2.05) is 4.72 Å². The normalized spacial score (nSPS) is 12.1. The van der Waals surface area contributed by atoms with Crippen LogP contribution in [-0.2, 0) is 21.4 Å². The van der Waals surface area contributed by atoms with Crippen molar-refractivity contribution >= 4 is 21.9 Å². The quantitative estimate of drug-likeness (QED) is 0.497. The number of benzene rings is 2. The number of nitrogens with one attached hydrogen (secondary N) is 1. The highest BCUT2D eigenvalue weighted by atomic mass is 32.2. The monoisotopic (exact) mass is 458 g/mol. The Kier molecular flexibility index (Phi) is 7.29. The van der Waals surface area contributed by atoms with E-state index in [9.17, 15) is 27.5 Å². The molecule has 0 fully saturated rings. The van der Waals surface area contributed by atoms with Crippen LogP contribution in [0, 0.1) is 5.82 Å². The summed E-state index contributed by atoms with van der Waals surface area (Å²) in [5.41, 5.74) is 0.812. The fourth-order valence-corrected chi connectivity index (χ4v) is 3.99. The Hall–Kier alpha value is -3.63. The van der Waals surface area contributed by atoms with Gasteiger partial charge in [-0.25, -0.2) is 22.3 Å². The van der Waals surface area contributed by atoms with Gasteiger partial charge in [-0.15, -0.1) is 0 Å². The average molecular weight is 458 g/mol. The third-order valence-corrected chi connectivity index (χ3v) is 6.10. The number of nitrogens with zero attached hydrogens (tertiary/aromatic N) is 1. The zero-order valence-corrected chi connectivity index (χ0v) is 17.5. The molecule has 166 valence electrons. The fourth-order valence-electron chi connectivity index (χ4n) is 2.76. The molecular formula is C22H19FN2O6S. The Bertz CT molecular complexity index is 1180. The minimum Gasteiger partial charge on any atom is -0.456 e. The van der Waals surface area contributed by atoms with Crippen LogP contribution in [0.3, 0.4) is 0 Å². The number of hydrogen-bond donors (Lipinski definition) is 2. The van der Waals surface area contributed by atoms with E-state index < -0.39 is 39.6 Å². The predicted octanol–water partition coefficient (Wildman–Crippen LogP) is 2.37. The van der Waals surface area contributed by atoms with Crippen molar-refractivity contribution in [2.45, 2.75) is 11.9 Å². The number of sulfonamides is 1. The number of pyridine rings is 1. The first-order valence-corrected chi connectivity index (χ1v) is 10.9. The van der Waals surface area contributed by atoms with Gasteiger partial charge in [-0.3, -0.25) is 9.78 Å². The lowest BCUT2D eigenvalue weighted by atomic mass is 10.1. The lowest BCUT2D eigenvalue weighted by Crippen LogP contribution is -2.35. The van der Waals surface area contributed by atoms with Crippen molar-refractivity contribution < 1.29 is 32.2 Å². The van der Waals surface area contributed by atoms with Gasteiger partial charge >= 0.3 is 5.97 Å². The van der Waals surface area contributed by atoms with Gasteiger partial charge in [0.05, 0.1) is 23.4 Å². The lowest BCUT2D eigenvalue weighted by Gasteiger charge is -2.16. The number of carbonyl (C=O) groups excluding carboxylic acids is 2. The molecule has 0 saturated heterocycles. The minimum absolute atomic E-state index is 0.0532. The van der Waals surface area contributed by atoms with Crippen LogP contribution in [0.5, 0.6) is 0 Å². The van der Waals surface area contributed by atoms with Gasteiger partial charge in [0.2, 0.25) is 10.0 Å². The summed E-state index contributed by atoms with van der Waals surface area (Å²) in [5, 5.41) is 8.05. The molecule has 0 aliphatic heterocycles. The molecule has 1 amide bonds. The molecule has 10 heteroatoms. The second-order valence-electron chi connectivity index (χ2n) is 6.68. The highest BCUT2D eigenvalue weighted by molar-refractivity contribution is 7.90. The van der Waals surface area contributed by atoms with Crippen molar-refractivity contribution in [1.29, 1.82) is 0 Å². The van der Waals surface area contributed by atoms with Crippen LogP contribution in [0.2, 0.25) is 0 Å². The molecule has 1 unspecified atom stereocenters. The van der Waals surface area contributed by atoms with E-state index in [1.54, 1.807) is 30.3 Å². The molecule has 0 aliphatic rings. The minimum atomic E-state index is -4.32. The summed E-state index contributed by atoms with van der Waals surface area (Å²) < 4.78 is 45.2. The summed E-state index contributed by atoms with van der Waals surface area (Å²) in [6.07, 6.45) is 1.14. The number of hydrogen-bond acceptors (Lipinski definition) is 7. The average Bonchev–Trinajstić information content (AvgIpc) is 2.79. The van der Waals surface area contributed by atoms with Gasteiger partial charge in [-0.05, 0) is 42.0 Å². The maximum Gasteiger partial charge on any atom is 0.338 e. The Labute approximate surface area is 183 Å². The van der Waals surface area contributed by atoms with Crippen LogP contribution in [0.15, 0.2) is 72.9 Å². The van der Waals surface area contributed by atoms with E-state index in [2.05, 4.69) is 4.98 Å². The van der Waals surface area contributed by atoms with Crippen LogP contribution in [0.25, 0.3) is 0 Å². The molecule has 32 heavy (non-hydrogen) atoms. The number of aromatic nitrogens is 1. The van der Waals surface area contributed by atoms with Gasteiger partial charge < -0.3 is 9.84 Å². The second kappa shape index (κ2) is 10.1. The van der Waals surface area contributed by atoms with E-state index in [1.165, 1.54) is 24.3 Å². The molecule has 1 atom stereocenters. The number of amides is 1. The zero-order valence-electron chi connectivity index (χ0n) is 16.6. The fraction of sp³-hybridized carbons (Fsp3) is 0.136. The molecule has 0 spiro atoms. The zero-order chi connectivity index (χ0) is 23.1. The topological polar surface area (TPSA) is 123 Å². The SMILES string of the molecule is O=C(NS(=O)(=O)C(CO)c1ccc(F)cc1)c1ccc(COC(=O)c2ccccc2)nc1. The maximum atomic E-state index is 13.1. The Morgan fingerprint density at radius 3 is 2.28 bits per heavy atom. The molecule has 2 N–H and O–H groups in total. The lowest BCUT2D eigenvalue weighted by molar-refractivity contribution is 0.0467. The van der Waals surface area contributed by atoms with Gasteiger partial charge in [0.1, 0.15) is 17.7 Å². The highest BCUT2D eigenvalue weighted by Crippen LogP contribution is 2.21. The van der Waals surface area contributed by atoms with E-state index in [4.69, 9.17) is 4.74 Å². The number of rotatable bonds is 8. The smallest absolute Gasteiger partial charge is 0.338 e. The molecule has 1 heterocycles. The Morgan fingerprint density at radius 2 is 1.69 bits per heavy atom. The molecular weight excluding hydrogens is 439 g/mol. The van der Waals surface area contributed by atoms with Crippen molar-refractivity contribution in [2.24, 2.45) is 0 Å². The first-order valence-electron chi connectivity index (χ1n) is 9.39. The van der Waals surface area contributed by atoms with Gasteiger partial charge in [-0.2, -0.15) is 0 Å². The van der Waals surface area contributed by atoms with Crippen LogP contribution >= 0.6 is 0 Å². The van der Waals surface area contributed by atoms with E-state index >= 15 is 0 Å². The predicted molar refractivity (Wildman–Crippen MR) is 112 cm³/mol. The van der Waals surface area contributed by atoms with Gasteiger partial charge in [-0.1, -0.05) is 30.3 Å². The number of aliphatic hydroxyl groups excluding tert-OH is 1. The van der Waals surface area contributed by atoms with E-state index in [-0.39, 0.29) is 17.7 Å². The Balaban J connectivity index is 1.63. The number of carbonyl (C=O) groups is 2. The molecule has 3 rings (SSSR count). The van der Waals surface area contributed by atoms with E-state index in [0.717, 1.165) is 18.3 Å². The van der Waals surface area contributed by atoms with Crippen LogP contribution < -0.4 is 4.72 Å². The molecule has 0 radical (unpaired) electrons. The summed E-state index contributed by atoms with van der Waals surface area (Å²) in [4.78, 5) is 28.3. The maximum absolute atomic E-state index is 13.1. The summed E-state index contributed by atoms with van der Waals surface area (Å²) in [6, 6.07) is 15.7. The summed E-state index contributed by atoms with van der Waals surface area (Å²) in [5.74, 6) is -2.05. The van der Waals surface area contributed by atoms with Gasteiger partial charge in [0.15, 0.2) is 0 Å². The summed E-state index contributed by atoms with van der Waals surface area (Å²) >= 11 is 0. The van der Waals surface area contributed by atoms with Crippen LogP contribution in [-0.4, -0.2) is 37.0 Å². The van der Waals surface area contributed by atoms with Crippen molar-refractivity contribution in [3.63, 3.8) is 0 Å². The largest absolute Gasteiger partial charge is 0.456 e. The molecule has 2 aromatic carbocycles. The van der Waals surface area contributed by atoms with Crippen molar-refractivity contribution in [3.8, 4) is 0 Å². The van der Waals surface area contributed by atoms with Crippen molar-refractivity contribution in [3.05, 3.63) is 101 Å². The second-order valence-corrected chi connectivity index (χ2v) is 8.54. The van der Waals surface area contributed by atoms with Gasteiger partial charge in [0.25, 0.3) is 5.91 Å². The molecule has 3 aromatic rings. The molecule has 0 aliphatic carbocycles. The standard InChI is InChI=1S/C22H19FN2O6S/c23-18-9-6-15(7-10-18)20(13-26)32(29,30)25-21(27)17-8-11-19(24-12-17)14-31-22(28)16-4-2-1-3-5-16/h1-12,20,26H,13-14H2,(H,25,27). The molecule has 1 aromatic heterocycles. The number of ether oxygens (including phenoxy) is 1.